The Morgan fingerprint density at radius 3 is 2.62 bits per heavy atom. The van der Waals surface area contributed by atoms with Gasteiger partial charge in [0.05, 0.1) is 12.2 Å². The number of aromatic amines is 2. The first-order valence-corrected chi connectivity index (χ1v) is 9.80. The maximum Gasteiger partial charge on any atom is 0.326 e. The highest BCUT2D eigenvalue weighted by Crippen LogP contribution is 2.22. The van der Waals surface area contributed by atoms with Crippen molar-refractivity contribution in [2.24, 2.45) is 4.99 Å². The molecule has 3 aromatic rings. The summed E-state index contributed by atoms with van der Waals surface area (Å²) in [5.74, 6) is 0.385. The maximum atomic E-state index is 11.4. The second-order valence-corrected chi connectivity index (χ2v) is 7.88. The van der Waals surface area contributed by atoms with Gasteiger partial charge in [-0.05, 0) is 32.8 Å². The molecule has 1 saturated carbocycles. The van der Waals surface area contributed by atoms with Crippen LogP contribution < -0.4 is 26.7 Å². The number of nitrogens with one attached hydrogen (secondary N) is 3. The van der Waals surface area contributed by atoms with Gasteiger partial charge in [0.2, 0.25) is 11.8 Å². The highest BCUT2D eigenvalue weighted by Gasteiger charge is 2.25. The number of fused-ring (bicyclic) bond motifs is 1. The summed E-state index contributed by atoms with van der Waals surface area (Å²) in [5.41, 5.74) is 0.899. The van der Waals surface area contributed by atoms with Gasteiger partial charge in [-0.3, -0.25) is 4.98 Å². The van der Waals surface area contributed by atoms with Crippen LogP contribution in [0.15, 0.2) is 16.0 Å². The second-order valence-electron chi connectivity index (χ2n) is 7.88. The van der Waals surface area contributed by atoms with Crippen LogP contribution in [0.5, 0.6) is 5.88 Å². The van der Waals surface area contributed by atoms with E-state index in [4.69, 9.17) is 15.0 Å². The van der Waals surface area contributed by atoms with Gasteiger partial charge in [0.25, 0.3) is 5.62 Å². The zero-order valence-electron chi connectivity index (χ0n) is 16.3. The van der Waals surface area contributed by atoms with E-state index in [2.05, 4.69) is 39.1 Å². The number of piperazine rings is 1. The molecule has 0 spiro atoms. The summed E-state index contributed by atoms with van der Waals surface area (Å²) < 4.78 is 1.62. The van der Waals surface area contributed by atoms with Gasteiger partial charge in [-0.1, -0.05) is 0 Å². The quantitative estimate of drug-likeness (QED) is 0.428. The number of rotatable bonds is 3. The number of aromatic nitrogens is 6. The van der Waals surface area contributed by atoms with Crippen molar-refractivity contribution < 1.29 is 5.11 Å². The number of hydrogen-bond acceptors (Lipinski definition) is 8. The molecule has 5 rings (SSSR count). The predicted octanol–water partition coefficient (Wildman–Crippen LogP) is -1.36. The molecule has 0 bridgehead atoms. The zero-order valence-corrected chi connectivity index (χ0v) is 16.3. The van der Waals surface area contributed by atoms with E-state index in [1.807, 2.05) is 0 Å². The van der Waals surface area contributed by atoms with Gasteiger partial charge in [0.15, 0.2) is 5.65 Å². The Kier molecular flexibility index (Phi) is 4.12. The Bertz CT molecular complexity index is 1230. The van der Waals surface area contributed by atoms with E-state index in [0.717, 1.165) is 25.9 Å². The third kappa shape index (κ3) is 3.48. The normalized spacial score (nSPS) is 24.0. The van der Waals surface area contributed by atoms with Crippen LogP contribution in [-0.4, -0.2) is 65.9 Å². The van der Waals surface area contributed by atoms with Gasteiger partial charge in [-0.25, -0.2) is 9.79 Å². The molecule has 152 valence electrons. The molecular formula is C18H23N9O2. The number of imidazole rings is 1. The number of aromatic hydroxyl groups is 1. The molecule has 2 aliphatic rings. The highest BCUT2D eigenvalue weighted by molar-refractivity contribution is 5.57. The van der Waals surface area contributed by atoms with E-state index < -0.39 is 5.69 Å². The lowest BCUT2D eigenvalue weighted by molar-refractivity contribution is 0.402. The highest BCUT2D eigenvalue weighted by atomic mass is 16.3. The van der Waals surface area contributed by atoms with E-state index >= 15 is 0 Å². The van der Waals surface area contributed by atoms with E-state index in [1.165, 1.54) is 0 Å². The molecule has 2 fully saturated rings. The summed E-state index contributed by atoms with van der Waals surface area (Å²) >= 11 is 0. The van der Waals surface area contributed by atoms with Crippen LogP contribution in [0.2, 0.25) is 0 Å². The molecule has 1 aliphatic carbocycles. The van der Waals surface area contributed by atoms with Crippen molar-refractivity contribution in [2.75, 3.05) is 18.0 Å². The number of anilines is 1. The van der Waals surface area contributed by atoms with Crippen LogP contribution in [0, 0.1) is 0 Å². The summed E-state index contributed by atoms with van der Waals surface area (Å²) in [6, 6.07) is 0.920. The van der Waals surface area contributed by atoms with Crippen LogP contribution in [0.3, 0.4) is 0 Å². The summed E-state index contributed by atoms with van der Waals surface area (Å²) in [6.07, 6.45) is 5.38. The molecule has 0 radical (unpaired) electrons. The third-order valence-electron chi connectivity index (χ3n) is 5.09. The largest absolute Gasteiger partial charge is 0.493 e. The van der Waals surface area contributed by atoms with Crippen LogP contribution in [0.25, 0.3) is 11.7 Å². The molecular weight excluding hydrogens is 374 g/mol. The number of hydrogen-bond donors (Lipinski definition) is 4. The molecule has 2 atom stereocenters. The van der Waals surface area contributed by atoms with Gasteiger partial charge in [0.1, 0.15) is 5.69 Å². The fourth-order valence-electron chi connectivity index (χ4n) is 3.70. The predicted molar refractivity (Wildman–Crippen MR) is 106 cm³/mol. The van der Waals surface area contributed by atoms with Crippen LogP contribution in [0.4, 0.5) is 5.95 Å². The van der Waals surface area contributed by atoms with Crippen LogP contribution in [-0.2, 0) is 0 Å². The average Bonchev–Trinajstić information content (AvgIpc) is 3.29. The zero-order chi connectivity index (χ0) is 20.1. The van der Waals surface area contributed by atoms with Crippen molar-refractivity contribution in [2.45, 2.75) is 44.8 Å². The summed E-state index contributed by atoms with van der Waals surface area (Å²) in [5, 5.41) is 18.5. The van der Waals surface area contributed by atoms with Crippen molar-refractivity contribution in [1.29, 1.82) is 0 Å². The summed E-state index contributed by atoms with van der Waals surface area (Å²) in [7, 11) is 0. The van der Waals surface area contributed by atoms with Crippen molar-refractivity contribution >= 4 is 17.7 Å². The van der Waals surface area contributed by atoms with Crippen molar-refractivity contribution in [3.63, 3.8) is 0 Å². The van der Waals surface area contributed by atoms with Gasteiger partial charge in [-0.15, -0.1) is 0 Å². The molecule has 11 heteroatoms. The number of nitrogens with zero attached hydrogens (tertiary/aromatic N) is 6. The molecule has 1 saturated heterocycles. The lowest BCUT2D eigenvalue weighted by atomic mass is 10.1. The first-order valence-electron chi connectivity index (χ1n) is 9.80. The Morgan fingerprint density at radius 2 is 1.97 bits per heavy atom. The molecule has 0 aromatic carbocycles. The molecule has 0 unspecified atom stereocenters. The molecule has 11 nitrogen and oxygen atoms in total. The SMILES string of the molecule is C[C@@H]1CN(c2nc(=NC3CC3)n3ncc(=Cc4[nH]c(=O)[nH]c4O)c3n2)C[C@H](C)N1. The average molecular weight is 397 g/mol. The smallest absolute Gasteiger partial charge is 0.326 e. The Hall–Kier alpha value is -3.21. The monoisotopic (exact) mass is 397 g/mol. The molecule has 1 aliphatic heterocycles. The topological polar surface area (TPSA) is 140 Å². The minimum atomic E-state index is -0.478. The van der Waals surface area contributed by atoms with E-state index in [0.29, 0.717) is 34.5 Å². The summed E-state index contributed by atoms with van der Waals surface area (Å²) in [4.78, 5) is 32.6. The second kappa shape index (κ2) is 6.69. The van der Waals surface area contributed by atoms with Crippen LogP contribution >= 0.6 is 0 Å². The van der Waals surface area contributed by atoms with E-state index in [1.54, 1.807) is 16.8 Å². The van der Waals surface area contributed by atoms with Crippen molar-refractivity contribution in [3.8, 4) is 5.88 Å². The minimum Gasteiger partial charge on any atom is -0.493 e. The van der Waals surface area contributed by atoms with Crippen molar-refractivity contribution in [1.82, 2.24) is 34.9 Å². The lowest BCUT2D eigenvalue weighted by Crippen LogP contribution is -2.55. The third-order valence-corrected chi connectivity index (χ3v) is 5.09. The first kappa shape index (κ1) is 17.9. The van der Waals surface area contributed by atoms with Gasteiger partial charge < -0.3 is 20.3 Å². The Balaban J connectivity index is 1.69. The Labute approximate surface area is 165 Å². The standard InChI is InChI=1S/C18H23N9O2/c1-9-7-26(8-10(2)20-9)16-23-14-11(5-13-15(28)24-18(29)22-13)6-19-27(14)17(25-16)21-12-3-4-12/h5-6,9-10,12,20,28H,3-4,7-8H2,1-2H3,(H2,22,24,29)/t9-,10+. The minimum absolute atomic E-state index is 0.226. The van der Waals surface area contributed by atoms with Crippen LogP contribution in [0.1, 0.15) is 32.4 Å². The maximum absolute atomic E-state index is 11.4. The molecule has 3 aromatic heterocycles. The van der Waals surface area contributed by atoms with Gasteiger partial charge in [-0.2, -0.15) is 19.6 Å². The first-order chi connectivity index (χ1) is 14.0. The molecule has 29 heavy (non-hydrogen) atoms. The number of H-pyrrole nitrogens is 2. The molecule has 4 N–H and O–H groups in total. The van der Waals surface area contributed by atoms with Crippen molar-refractivity contribution in [3.05, 3.63) is 33.2 Å². The van der Waals surface area contributed by atoms with Gasteiger partial charge >= 0.3 is 5.69 Å². The Morgan fingerprint density at radius 1 is 1.21 bits per heavy atom. The molecule has 0 amide bonds. The summed E-state index contributed by atoms with van der Waals surface area (Å²) in [6.45, 7) is 5.87. The van der Waals surface area contributed by atoms with E-state index in [-0.39, 0.29) is 17.6 Å². The van der Waals surface area contributed by atoms with E-state index in [9.17, 15) is 9.90 Å². The fourth-order valence-corrected chi connectivity index (χ4v) is 3.70. The fraction of sp³-hybridized carbons (Fsp3) is 0.500. The lowest BCUT2D eigenvalue weighted by Gasteiger charge is -2.36. The van der Waals surface area contributed by atoms with Gasteiger partial charge in [0, 0.05) is 30.4 Å². The molecule has 4 heterocycles.